The maximum absolute atomic E-state index is 11.4. The summed E-state index contributed by atoms with van der Waals surface area (Å²) in [6.45, 7) is 2.09. The van der Waals surface area contributed by atoms with E-state index in [2.05, 4.69) is 25.9 Å². The predicted molar refractivity (Wildman–Crippen MR) is 72.6 cm³/mol. The first-order valence-corrected chi connectivity index (χ1v) is 6.54. The number of carbonyl (C=O) groups excluding carboxylic acids is 1. The molecule has 0 aliphatic carbocycles. The van der Waals surface area contributed by atoms with Gasteiger partial charge in [0.2, 0.25) is 0 Å². The van der Waals surface area contributed by atoms with Crippen LogP contribution < -0.4 is 0 Å². The zero-order valence-electron chi connectivity index (χ0n) is 9.61. The number of benzene rings is 1. The lowest BCUT2D eigenvalue weighted by Crippen LogP contribution is -2.10. The molecule has 0 unspecified atom stereocenters. The number of hydrogen-bond donors (Lipinski definition) is 0. The van der Waals surface area contributed by atoms with Gasteiger partial charge in [-0.3, -0.25) is 4.79 Å². The molecule has 0 aliphatic rings. The van der Waals surface area contributed by atoms with Gasteiger partial charge in [-0.1, -0.05) is 27.5 Å². The van der Waals surface area contributed by atoms with Gasteiger partial charge in [-0.25, -0.2) is 9.97 Å². The van der Waals surface area contributed by atoms with Crippen LogP contribution in [0.4, 0.5) is 0 Å². The van der Waals surface area contributed by atoms with Gasteiger partial charge in [-0.15, -0.1) is 0 Å². The molecule has 0 N–H and O–H groups in total. The van der Waals surface area contributed by atoms with Crippen molar-refractivity contribution >= 4 is 44.5 Å². The first-order chi connectivity index (χ1) is 8.60. The molecule has 0 saturated carbocycles. The highest BCUT2D eigenvalue weighted by atomic mass is 79.9. The molecule has 6 heteroatoms. The van der Waals surface area contributed by atoms with Gasteiger partial charge in [0.1, 0.15) is 0 Å². The molecule has 0 radical (unpaired) electrons. The molecule has 0 bridgehead atoms. The van der Waals surface area contributed by atoms with E-state index in [9.17, 15) is 4.79 Å². The second-order valence-electron chi connectivity index (χ2n) is 3.58. The SMILES string of the molecule is CCOC(=O)Cc1nc2cc(Br)ccc2nc1Cl. The number of nitrogens with zero attached hydrogens (tertiary/aromatic N) is 2. The zero-order chi connectivity index (χ0) is 13.1. The van der Waals surface area contributed by atoms with E-state index in [0.717, 1.165) is 4.47 Å². The van der Waals surface area contributed by atoms with E-state index in [1.165, 1.54) is 0 Å². The number of aromatic nitrogens is 2. The molecule has 18 heavy (non-hydrogen) atoms. The number of fused-ring (bicyclic) bond motifs is 1. The highest BCUT2D eigenvalue weighted by Gasteiger charge is 2.12. The maximum Gasteiger partial charge on any atom is 0.311 e. The minimum Gasteiger partial charge on any atom is -0.466 e. The van der Waals surface area contributed by atoms with Gasteiger partial charge >= 0.3 is 5.97 Å². The average molecular weight is 330 g/mol. The van der Waals surface area contributed by atoms with Crippen molar-refractivity contribution in [2.75, 3.05) is 6.61 Å². The van der Waals surface area contributed by atoms with Crippen LogP contribution in [-0.4, -0.2) is 22.5 Å². The summed E-state index contributed by atoms with van der Waals surface area (Å²) >= 11 is 9.35. The van der Waals surface area contributed by atoms with Crippen molar-refractivity contribution in [2.24, 2.45) is 0 Å². The quantitative estimate of drug-likeness (QED) is 0.812. The van der Waals surface area contributed by atoms with Crippen molar-refractivity contribution in [1.82, 2.24) is 9.97 Å². The Morgan fingerprint density at radius 1 is 1.39 bits per heavy atom. The first-order valence-electron chi connectivity index (χ1n) is 5.37. The Bertz CT molecular complexity index is 604. The average Bonchev–Trinajstić information content (AvgIpc) is 2.31. The van der Waals surface area contributed by atoms with Crippen LogP contribution in [0.2, 0.25) is 5.15 Å². The second-order valence-corrected chi connectivity index (χ2v) is 4.85. The molecule has 0 spiro atoms. The highest BCUT2D eigenvalue weighted by Crippen LogP contribution is 2.21. The van der Waals surface area contributed by atoms with E-state index in [-0.39, 0.29) is 17.5 Å². The molecular formula is C12H10BrClN2O2. The summed E-state index contributed by atoms with van der Waals surface area (Å²) in [5.41, 5.74) is 1.81. The Labute approximate surface area is 117 Å². The minimum absolute atomic E-state index is 0.0299. The smallest absolute Gasteiger partial charge is 0.311 e. The number of esters is 1. The van der Waals surface area contributed by atoms with E-state index in [0.29, 0.717) is 23.3 Å². The lowest BCUT2D eigenvalue weighted by Gasteiger charge is -2.05. The van der Waals surface area contributed by atoms with Crippen LogP contribution in [0.3, 0.4) is 0 Å². The van der Waals surface area contributed by atoms with Crippen LogP contribution in [-0.2, 0) is 16.0 Å². The first kappa shape index (κ1) is 13.2. The van der Waals surface area contributed by atoms with Crippen molar-refractivity contribution in [1.29, 1.82) is 0 Å². The topological polar surface area (TPSA) is 52.1 Å². The molecule has 1 aromatic heterocycles. The van der Waals surface area contributed by atoms with E-state index in [1.54, 1.807) is 6.92 Å². The molecule has 94 valence electrons. The molecule has 0 fully saturated rings. The van der Waals surface area contributed by atoms with Crippen molar-refractivity contribution in [3.8, 4) is 0 Å². The highest BCUT2D eigenvalue weighted by molar-refractivity contribution is 9.10. The second kappa shape index (κ2) is 5.63. The summed E-state index contributed by atoms with van der Waals surface area (Å²) in [5.74, 6) is -0.358. The van der Waals surface area contributed by atoms with E-state index in [4.69, 9.17) is 16.3 Å². The van der Waals surface area contributed by atoms with E-state index < -0.39 is 0 Å². The third-order valence-corrected chi connectivity index (χ3v) is 3.06. The van der Waals surface area contributed by atoms with E-state index >= 15 is 0 Å². The van der Waals surface area contributed by atoms with Gasteiger partial charge in [0.05, 0.1) is 29.8 Å². The van der Waals surface area contributed by atoms with Crippen LogP contribution in [0.1, 0.15) is 12.6 Å². The summed E-state index contributed by atoms with van der Waals surface area (Å²) in [6.07, 6.45) is 0.0299. The Hall–Kier alpha value is -1.20. The van der Waals surface area contributed by atoms with Crippen molar-refractivity contribution in [2.45, 2.75) is 13.3 Å². The van der Waals surface area contributed by atoms with Gasteiger partial charge in [-0.2, -0.15) is 0 Å². The van der Waals surface area contributed by atoms with Crippen molar-refractivity contribution in [3.05, 3.63) is 33.5 Å². The Kier molecular flexibility index (Phi) is 4.14. The van der Waals surface area contributed by atoms with Crippen LogP contribution in [0.15, 0.2) is 22.7 Å². The summed E-state index contributed by atoms with van der Waals surface area (Å²) in [7, 11) is 0. The van der Waals surface area contributed by atoms with Gasteiger partial charge in [0.25, 0.3) is 0 Å². The standard InChI is InChI=1S/C12H10BrClN2O2/c1-2-18-11(17)6-10-12(14)16-8-4-3-7(13)5-9(8)15-10/h3-5H,2,6H2,1H3. The Morgan fingerprint density at radius 2 is 2.17 bits per heavy atom. The normalized spacial score (nSPS) is 10.6. The van der Waals surface area contributed by atoms with Gasteiger partial charge in [0.15, 0.2) is 5.15 Å². The number of ether oxygens (including phenoxy) is 1. The number of rotatable bonds is 3. The van der Waals surface area contributed by atoms with Crippen LogP contribution in [0.25, 0.3) is 11.0 Å². The molecule has 0 aliphatic heterocycles. The molecular weight excluding hydrogens is 320 g/mol. The van der Waals surface area contributed by atoms with E-state index in [1.807, 2.05) is 18.2 Å². The third-order valence-electron chi connectivity index (χ3n) is 2.27. The number of carbonyl (C=O) groups is 1. The minimum atomic E-state index is -0.358. The fourth-order valence-electron chi connectivity index (χ4n) is 1.50. The van der Waals surface area contributed by atoms with Crippen molar-refractivity contribution < 1.29 is 9.53 Å². The van der Waals surface area contributed by atoms with Gasteiger partial charge in [-0.05, 0) is 25.1 Å². The zero-order valence-corrected chi connectivity index (χ0v) is 12.0. The lowest BCUT2D eigenvalue weighted by atomic mass is 10.2. The Balaban J connectivity index is 2.38. The van der Waals surface area contributed by atoms with Gasteiger partial charge < -0.3 is 4.74 Å². The Morgan fingerprint density at radius 3 is 2.89 bits per heavy atom. The maximum atomic E-state index is 11.4. The summed E-state index contributed by atoms with van der Waals surface area (Å²) in [5, 5.41) is 0.234. The summed E-state index contributed by atoms with van der Waals surface area (Å²) in [4.78, 5) is 19.9. The molecule has 1 heterocycles. The summed E-state index contributed by atoms with van der Waals surface area (Å²) < 4.78 is 5.76. The van der Waals surface area contributed by atoms with Gasteiger partial charge in [0, 0.05) is 4.47 Å². The van der Waals surface area contributed by atoms with Crippen molar-refractivity contribution in [3.63, 3.8) is 0 Å². The van der Waals surface area contributed by atoms with Crippen LogP contribution in [0.5, 0.6) is 0 Å². The van der Waals surface area contributed by atoms with Crippen LogP contribution >= 0.6 is 27.5 Å². The fourth-order valence-corrected chi connectivity index (χ4v) is 2.05. The molecule has 0 amide bonds. The fraction of sp³-hybridized carbons (Fsp3) is 0.250. The predicted octanol–water partition coefficient (Wildman–Crippen LogP) is 3.15. The van der Waals surface area contributed by atoms with Crippen LogP contribution in [0, 0.1) is 0 Å². The molecule has 0 saturated heterocycles. The molecule has 0 atom stereocenters. The lowest BCUT2D eigenvalue weighted by molar-refractivity contribution is -0.142. The number of hydrogen-bond acceptors (Lipinski definition) is 4. The molecule has 4 nitrogen and oxygen atoms in total. The largest absolute Gasteiger partial charge is 0.466 e. The molecule has 1 aromatic carbocycles. The third kappa shape index (κ3) is 2.97. The number of halogens is 2. The molecule has 2 aromatic rings. The molecule has 2 rings (SSSR count). The summed E-state index contributed by atoms with van der Waals surface area (Å²) in [6, 6.07) is 5.50. The monoisotopic (exact) mass is 328 g/mol.